The van der Waals surface area contributed by atoms with E-state index in [9.17, 15) is 0 Å². The number of aromatic amines is 2. The number of aliphatic imine (C=N–C) groups is 1. The lowest BCUT2D eigenvalue weighted by Crippen LogP contribution is -2.37. The van der Waals surface area contributed by atoms with Gasteiger partial charge in [0.2, 0.25) is 0 Å². The van der Waals surface area contributed by atoms with Gasteiger partial charge in [-0.25, -0.2) is 4.98 Å². The highest BCUT2D eigenvalue weighted by molar-refractivity contribution is 5.90. The fourth-order valence-corrected chi connectivity index (χ4v) is 4.21. The van der Waals surface area contributed by atoms with E-state index < -0.39 is 0 Å². The number of ether oxygens (including phenoxy) is 1. The molecule has 27 heavy (non-hydrogen) atoms. The van der Waals surface area contributed by atoms with Gasteiger partial charge in [0.25, 0.3) is 6.02 Å². The average Bonchev–Trinajstić information content (AvgIpc) is 3.42. The average molecular weight is 363 g/mol. The third-order valence-corrected chi connectivity index (χ3v) is 5.59. The first-order valence-corrected chi connectivity index (χ1v) is 9.98. The first kappa shape index (κ1) is 16.4. The van der Waals surface area contributed by atoms with E-state index in [1.165, 1.54) is 25.7 Å². The van der Waals surface area contributed by atoms with Gasteiger partial charge in [-0.3, -0.25) is 0 Å². The highest BCUT2D eigenvalue weighted by atomic mass is 16.5. The van der Waals surface area contributed by atoms with Crippen molar-refractivity contribution in [1.29, 1.82) is 0 Å². The second-order valence-electron chi connectivity index (χ2n) is 7.52. The molecule has 0 atom stereocenters. The van der Waals surface area contributed by atoms with Crippen LogP contribution in [0.4, 0.5) is 5.82 Å². The summed E-state index contributed by atoms with van der Waals surface area (Å²) in [4.78, 5) is 18.6. The lowest BCUT2D eigenvalue weighted by Gasteiger charge is -2.27. The third-order valence-electron chi connectivity index (χ3n) is 5.59. The summed E-state index contributed by atoms with van der Waals surface area (Å²) >= 11 is 0. The standard InChI is InChI=1S/C21H25N5O/c1-2-12-26-13-17-20(24-19(23-17)14-6-3-4-7-14)25-21(26)27-18-9-5-8-16-15(18)10-11-22-16/h5,8-11,14,22H,2-4,6-7,12-13H2,1H3,(H,23,24). The van der Waals surface area contributed by atoms with Crippen LogP contribution in [0.2, 0.25) is 0 Å². The van der Waals surface area contributed by atoms with Gasteiger partial charge in [0.1, 0.15) is 11.6 Å². The van der Waals surface area contributed by atoms with Crippen LogP contribution in [0.5, 0.6) is 5.75 Å². The van der Waals surface area contributed by atoms with Crippen LogP contribution in [0.3, 0.4) is 0 Å². The smallest absolute Gasteiger partial charge is 0.300 e. The zero-order chi connectivity index (χ0) is 18.2. The highest BCUT2D eigenvalue weighted by Gasteiger charge is 2.27. The number of H-pyrrole nitrogens is 2. The molecule has 2 N–H and O–H groups in total. The largest absolute Gasteiger partial charge is 0.425 e. The zero-order valence-corrected chi connectivity index (χ0v) is 15.7. The van der Waals surface area contributed by atoms with E-state index in [2.05, 4.69) is 21.8 Å². The molecule has 1 aromatic carbocycles. The molecule has 0 amide bonds. The van der Waals surface area contributed by atoms with Crippen molar-refractivity contribution in [3.05, 3.63) is 42.0 Å². The van der Waals surface area contributed by atoms with E-state index in [0.717, 1.165) is 53.5 Å². The summed E-state index contributed by atoms with van der Waals surface area (Å²) in [6.07, 6.45) is 8.03. The minimum absolute atomic E-state index is 0.559. The van der Waals surface area contributed by atoms with E-state index in [-0.39, 0.29) is 0 Å². The van der Waals surface area contributed by atoms with Crippen molar-refractivity contribution in [2.75, 3.05) is 6.54 Å². The van der Waals surface area contributed by atoms with Gasteiger partial charge in [-0.05, 0) is 37.5 Å². The monoisotopic (exact) mass is 363 g/mol. The molecule has 6 heteroatoms. The van der Waals surface area contributed by atoms with Gasteiger partial charge in [-0.1, -0.05) is 25.8 Å². The number of benzene rings is 1. The van der Waals surface area contributed by atoms with Crippen LogP contribution in [0.25, 0.3) is 10.9 Å². The topological polar surface area (TPSA) is 69.3 Å². The van der Waals surface area contributed by atoms with Gasteiger partial charge < -0.3 is 19.6 Å². The highest BCUT2D eigenvalue weighted by Crippen LogP contribution is 2.36. The predicted octanol–water partition coefficient (Wildman–Crippen LogP) is 4.84. The maximum absolute atomic E-state index is 6.29. The van der Waals surface area contributed by atoms with Gasteiger partial charge in [0.15, 0.2) is 5.82 Å². The molecule has 0 bridgehead atoms. The number of hydrogen-bond donors (Lipinski definition) is 2. The molecule has 1 saturated carbocycles. The Kier molecular flexibility index (Phi) is 4.11. The minimum Gasteiger partial charge on any atom is -0.425 e. The van der Waals surface area contributed by atoms with Gasteiger partial charge >= 0.3 is 0 Å². The lowest BCUT2D eigenvalue weighted by atomic mass is 10.1. The van der Waals surface area contributed by atoms with Crippen LogP contribution in [-0.4, -0.2) is 32.4 Å². The number of amidine groups is 1. The number of aromatic nitrogens is 3. The van der Waals surface area contributed by atoms with Gasteiger partial charge in [-0.2, -0.15) is 4.99 Å². The second-order valence-corrected chi connectivity index (χ2v) is 7.52. The van der Waals surface area contributed by atoms with E-state index in [1.807, 2.05) is 30.5 Å². The van der Waals surface area contributed by atoms with Crippen molar-refractivity contribution in [1.82, 2.24) is 19.9 Å². The third kappa shape index (κ3) is 2.99. The van der Waals surface area contributed by atoms with E-state index in [4.69, 9.17) is 14.7 Å². The number of nitrogens with zero attached hydrogens (tertiary/aromatic N) is 3. The number of imidazole rings is 1. The van der Waals surface area contributed by atoms with Crippen molar-refractivity contribution in [3.63, 3.8) is 0 Å². The molecule has 0 spiro atoms. The number of hydrogen-bond acceptors (Lipinski definition) is 4. The molecular weight excluding hydrogens is 338 g/mol. The second kappa shape index (κ2) is 6.76. The first-order valence-electron chi connectivity index (χ1n) is 9.98. The van der Waals surface area contributed by atoms with E-state index in [1.54, 1.807) is 0 Å². The summed E-state index contributed by atoms with van der Waals surface area (Å²) in [7, 11) is 0. The SMILES string of the molecule is CCCN1Cc2[nH]c(C3CCCC3)nc2N=C1Oc1cccc2[nH]ccc12. The van der Waals surface area contributed by atoms with Crippen molar-refractivity contribution >= 4 is 22.7 Å². The summed E-state index contributed by atoms with van der Waals surface area (Å²) in [6.45, 7) is 3.85. The summed E-state index contributed by atoms with van der Waals surface area (Å²) in [5, 5.41) is 1.07. The molecule has 2 aromatic heterocycles. The van der Waals surface area contributed by atoms with Crippen molar-refractivity contribution < 1.29 is 4.74 Å². The number of rotatable bonds is 4. The Bertz CT molecular complexity index is 980. The number of nitrogens with one attached hydrogen (secondary N) is 2. The molecular formula is C21H25N5O. The normalized spacial score (nSPS) is 17.4. The lowest BCUT2D eigenvalue weighted by molar-refractivity contribution is 0.325. The maximum atomic E-state index is 6.29. The van der Waals surface area contributed by atoms with Crippen molar-refractivity contribution in [3.8, 4) is 5.75 Å². The summed E-state index contributed by atoms with van der Waals surface area (Å²) in [5.41, 5.74) is 2.17. The molecule has 6 nitrogen and oxygen atoms in total. The molecule has 3 aromatic rings. The predicted molar refractivity (Wildman–Crippen MR) is 107 cm³/mol. The first-order chi connectivity index (χ1) is 13.3. The molecule has 1 aliphatic heterocycles. The Morgan fingerprint density at radius 2 is 2.11 bits per heavy atom. The van der Waals surface area contributed by atoms with Crippen LogP contribution in [-0.2, 0) is 6.54 Å². The van der Waals surface area contributed by atoms with Crippen LogP contribution < -0.4 is 4.74 Å². The zero-order valence-electron chi connectivity index (χ0n) is 15.7. The van der Waals surface area contributed by atoms with Crippen LogP contribution in [0.1, 0.15) is 56.5 Å². The van der Waals surface area contributed by atoms with Gasteiger partial charge in [0.05, 0.1) is 12.2 Å². The molecule has 1 aliphatic carbocycles. The number of fused-ring (bicyclic) bond motifs is 2. The van der Waals surface area contributed by atoms with E-state index in [0.29, 0.717) is 11.9 Å². The molecule has 5 rings (SSSR count). The molecule has 140 valence electrons. The Hall–Kier alpha value is -2.76. The summed E-state index contributed by atoms with van der Waals surface area (Å²) in [6, 6.07) is 8.72. The summed E-state index contributed by atoms with van der Waals surface area (Å²) < 4.78 is 6.29. The molecule has 0 unspecified atom stereocenters. The summed E-state index contributed by atoms with van der Waals surface area (Å²) in [5.74, 6) is 3.28. The van der Waals surface area contributed by atoms with Crippen LogP contribution >= 0.6 is 0 Å². The van der Waals surface area contributed by atoms with Crippen LogP contribution in [0.15, 0.2) is 35.5 Å². The molecule has 0 radical (unpaired) electrons. The Balaban J connectivity index is 1.49. The Labute approximate surface area is 158 Å². The minimum atomic E-state index is 0.559. The van der Waals surface area contributed by atoms with Gasteiger partial charge in [0, 0.05) is 29.6 Å². The molecule has 3 heterocycles. The Morgan fingerprint density at radius 3 is 2.96 bits per heavy atom. The maximum Gasteiger partial charge on any atom is 0.300 e. The van der Waals surface area contributed by atoms with E-state index >= 15 is 0 Å². The Morgan fingerprint density at radius 1 is 1.22 bits per heavy atom. The molecule has 1 fully saturated rings. The van der Waals surface area contributed by atoms with Crippen molar-refractivity contribution in [2.24, 2.45) is 4.99 Å². The van der Waals surface area contributed by atoms with Gasteiger partial charge in [-0.15, -0.1) is 0 Å². The van der Waals surface area contributed by atoms with Crippen molar-refractivity contribution in [2.45, 2.75) is 51.5 Å². The fourth-order valence-electron chi connectivity index (χ4n) is 4.21. The fraction of sp³-hybridized carbons (Fsp3) is 0.429. The molecule has 0 saturated heterocycles. The van der Waals surface area contributed by atoms with Crippen LogP contribution in [0, 0.1) is 0 Å². The quantitative estimate of drug-likeness (QED) is 0.697. The molecule has 2 aliphatic rings.